The summed E-state index contributed by atoms with van der Waals surface area (Å²) in [7, 11) is 1.53. The van der Waals surface area contributed by atoms with Crippen molar-refractivity contribution >= 4 is 11.7 Å². The van der Waals surface area contributed by atoms with E-state index in [1.165, 1.54) is 23.9 Å². The molecule has 84 valence electrons. The Morgan fingerprint density at radius 2 is 2.31 bits per heavy atom. The summed E-state index contributed by atoms with van der Waals surface area (Å²) < 4.78 is 5.94. The quantitative estimate of drug-likeness (QED) is 0.311. The second-order valence-electron chi connectivity index (χ2n) is 3.01. The first-order valence-corrected chi connectivity index (χ1v) is 4.67. The first-order valence-electron chi connectivity index (χ1n) is 4.67. The highest BCUT2D eigenvalue weighted by Gasteiger charge is 2.27. The van der Waals surface area contributed by atoms with Crippen LogP contribution in [0.25, 0.3) is 5.53 Å². The second kappa shape index (κ2) is 5.04. The molecule has 0 saturated heterocycles. The van der Waals surface area contributed by atoms with Gasteiger partial charge in [0.05, 0.1) is 6.61 Å². The lowest BCUT2D eigenvalue weighted by Gasteiger charge is -1.99. The van der Waals surface area contributed by atoms with E-state index < -0.39 is 11.5 Å². The van der Waals surface area contributed by atoms with Crippen molar-refractivity contribution in [1.29, 1.82) is 0 Å². The number of hydrogen-bond donors (Lipinski definition) is 0. The van der Waals surface area contributed by atoms with E-state index in [0.717, 1.165) is 0 Å². The van der Waals surface area contributed by atoms with Gasteiger partial charge in [0, 0.05) is 13.2 Å². The summed E-state index contributed by atoms with van der Waals surface area (Å²) in [6.45, 7) is 1.76. The summed E-state index contributed by atoms with van der Waals surface area (Å²) >= 11 is 0. The molecule has 0 aliphatic carbocycles. The Morgan fingerprint density at radius 1 is 1.62 bits per heavy atom. The van der Waals surface area contributed by atoms with Crippen molar-refractivity contribution in [1.82, 2.24) is 4.57 Å². The minimum atomic E-state index is -0.826. The zero-order valence-electron chi connectivity index (χ0n) is 9.01. The molecule has 0 radical (unpaired) electrons. The van der Waals surface area contributed by atoms with Gasteiger partial charge < -0.3 is 14.8 Å². The number of carbonyl (C=O) groups is 1. The third kappa shape index (κ3) is 2.24. The maximum atomic E-state index is 11.6. The summed E-state index contributed by atoms with van der Waals surface area (Å²) in [6.07, 6.45) is 1.53. The van der Waals surface area contributed by atoms with Gasteiger partial charge in [-0.1, -0.05) is 0 Å². The highest BCUT2D eigenvalue weighted by molar-refractivity contribution is 6.40. The Morgan fingerprint density at radius 3 is 2.88 bits per heavy atom. The number of aromatic nitrogens is 1. The van der Waals surface area contributed by atoms with Crippen molar-refractivity contribution in [2.75, 3.05) is 6.61 Å². The number of pyridine rings is 1. The van der Waals surface area contributed by atoms with Crippen molar-refractivity contribution in [2.24, 2.45) is 7.05 Å². The molecule has 0 aromatic carbocycles. The van der Waals surface area contributed by atoms with Crippen LogP contribution in [0.5, 0.6) is 0 Å². The van der Waals surface area contributed by atoms with Gasteiger partial charge in [0.2, 0.25) is 0 Å². The monoisotopic (exact) mass is 221 g/mol. The van der Waals surface area contributed by atoms with Gasteiger partial charge in [0.15, 0.2) is 0 Å². The zero-order valence-corrected chi connectivity index (χ0v) is 9.01. The standard InChI is InChI=1S/C10H11N3O3/c1-3-16-10(15)8(12-11)7-5-4-6-13(2)9(7)14/h4-6H,3H2,1-2H3. The van der Waals surface area contributed by atoms with Crippen molar-refractivity contribution < 1.29 is 14.3 Å². The second-order valence-corrected chi connectivity index (χ2v) is 3.01. The molecule has 0 N–H and O–H groups in total. The Bertz CT molecular complexity index is 512. The smallest absolute Gasteiger partial charge is 0.422 e. The summed E-state index contributed by atoms with van der Waals surface area (Å²) in [5, 5.41) is 0. The summed E-state index contributed by atoms with van der Waals surface area (Å²) in [5.41, 5.74) is 7.92. The Labute approximate surface area is 91.7 Å². The van der Waals surface area contributed by atoms with Crippen LogP contribution < -0.4 is 5.56 Å². The maximum absolute atomic E-state index is 11.6. The molecule has 0 fully saturated rings. The molecule has 6 heteroatoms. The van der Waals surface area contributed by atoms with Gasteiger partial charge in [0.25, 0.3) is 5.56 Å². The van der Waals surface area contributed by atoms with Crippen molar-refractivity contribution in [3.8, 4) is 0 Å². The van der Waals surface area contributed by atoms with Crippen molar-refractivity contribution in [3.63, 3.8) is 0 Å². The molecule has 0 aliphatic rings. The molecule has 0 saturated carbocycles. The van der Waals surface area contributed by atoms with Crippen LogP contribution in [0, 0.1) is 0 Å². The molecule has 0 amide bonds. The molecule has 0 atom stereocenters. The number of hydrogen-bond acceptors (Lipinski definition) is 3. The number of ether oxygens (including phenoxy) is 1. The van der Waals surface area contributed by atoms with Gasteiger partial charge in [-0.3, -0.25) is 4.79 Å². The van der Waals surface area contributed by atoms with Gasteiger partial charge >= 0.3 is 11.7 Å². The van der Waals surface area contributed by atoms with Gasteiger partial charge in [0.1, 0.15) is 5.56 Å². The lowest BCUT2D eigenvalue weighted by Crippen LogP contribution is -2.30. The van der Waals surface area contributed by atoms with Crippen LogP contribution in [0.3, 0.4) is 0 Å². The van der Waals surface area contributed by atoms with Gasteiger partial charge in [-0.15, -0.1) is 0 Å². The first-order chi connectivity index (χ1) is 7.61. The Balaban J connectivity index is 3.27. The Hall–Kier alpha value is -2.20. The zero-order chi connectivity index (χ0) is 12.1. The largest absolute Gasteiger partial charge is 0.457 e. The normalized spacial score (nSPS) is 9.38. The van der Waals surface area contributed by atoms with E-state index in [1.807, 2.05) is 0 Å². The van der Waals surface area contributed by atoms with E-state index in [9.17, 15) is 9.59 Å². The van der Waals surface area contributed by atoms with Crippen LogP contribution >= 0.6 is 0 Å². The van der Waals surface area contributed by atoms with Gasteiger partial charge in [-0.2, -0.15) is 4.79 Å². The number of nitrogens with zero attached hydrogens (tertiary/aromatic N) is 3. The topological polar surface area (TPSA) is 84.7 Å². The highest BCUT2D eigenvalue weighted by atomic mass is 16.5. The molecule has 1 aromatic rings. The van der Waals surface area contributed by atoms with Crippen LogP contribution in [0.1, 0.15) is 12.5 Å². The SMILES string of the molecule is CCOC(=O)C(=[N+]=[N-])c1cccn(C)c1=O. The maximum Gasteiger partial charge on any atom is 0.422 e. The first kappa shape index (κ1) is 11.9. The minimum Gasteiger partial charge on any atom is -0.457 e. The summed E-state index contributed by atoms with van der Waals surface area (Å²) in [5.74, 6) is -0.826. The van der Waals surface area contributed by atoms with E-state index in [0.29, 0.717) is 0 Å². The number of esters is 1. The fourth-order valence-corrected chi connectivity index (χ4v) is 1.18. The molecule has 0 bridgehead atoms. The van der Waals surface area contributed by atoms with E-state index in [-0.39, 0.29) is 17.9 Å². The van der Waals surface area contributed by atoms with Gasteiger partial charge in [-0.05, 0) is 19.1 Å². The molecular weight excluding hydrogens is 210 g/mol. The van der Waals surface area contributed by atoms with Crippen LogP contribution in [0.2, 0.25) is 0 Å². The van der Waals surface area contributed by atoms with Crippen LogP contribution in [0.15, 0.2) is 23.1 Å². The van der Waals surface area contributed by atoms with E-state index in [4.69, 9.17) is 5.53 Å². The van der Waals surface area contributed by atoms with Crippen LogP contribution in [-0.4, -0.2) is 27.6 Å². The number of rotatable bonds is 3. The fourth-order valence-electron chi connectivity index (χ4n) is 1.18. The van der Waals surface area contributed by atoms with Crippen molar-refractivity contribution in [3.05, 3.63) is 39.8 Å². The fraction of sp³-hybridized carbons (Fsp3) is 0.300. The molecule has 0 spiro atoms. The molecule has 16 heavy (non-hydrogen) atoms. The third-order valence-electron chi connectivity index (χ3n) is 1.95. The number of aryl methyl sites for hydroxylation is 1. The van der Waals surface area contributed by atoms with E-state index in [2.05, 4.69) is 9.53 Å². The van der Waals surface area contributed by atoms with Crippen LogP contribution in [0.4, 0.5) is 0 Å². The lowest BCUT2D eigenvalue weighted by atomic mass is 10.2. The van der Waals surface area contributed by atoms with E-state index >= 15 is 0 Å². The number of carbonyl (C=O) groups excluding carboxylic acids is 1. The molecule has 6 nitrogen and oxygen atoms in total. The van der Waals surface area contributed by atoms with E-state index in [1.54, 1.807) is 13.0 Å². The third-order valence-corrected chi connectivity index (χ3v) is 1.95. The molecule has 0 aliphatic heterocycles. The average Bonchev–Trinajstić information content (AvgIpc) is 2.25. The lowest BCUT2D eigenvalue weighted by molar-refractivity contribution is -0.139. The van der Waals surface area contributed by atoms with Gasteiger partial charge in [-0.25, -0.2) is 4.79 Å². The summed E-state index contributed by atoms with van der Waals surface area (Å²) in [6, 6.07) is 2.97. The van der Waals surface area contributed by atoms with Crippen LogP contribution in [-0.2, 0) is 16.6 Å². The highest BCUT2D eigenvalue weighted by Crippen LogP contribution is 1.95. The average molecular weight is 221 g/mol. The van der Waals surface area contributed by atoms with Crippen molar-refractivity contribution in [2.45, 2.75) is 6.92 Å². The molecule has 0 unspecified atom stereocenters. The molecular formula is C10H11N3O3. The molecule has 1 aromatic heterocycles. The Kier molecular flexibility index (Phi) is 3.74. The summed E-state index contributed by atoms with van der Waals surface area (Å²) in [4.78, 5) is 25.8. The minimum absolute atomic E-state index is 0.00551. The predicted octanol–water partition coefficient (Wildman–Crippen LogP) is -0.0327. The molecule has 1 rings (SSSR count). The predicted molar refractivity (Wildman–Crippen MR) is 56.0 cm³/mol. The molecule has 1 heterocycles.